The molecular formula is C23H30N4O5. The van der Waals surface area contributed by atoms with E-state index in [9.17, 15) is 14.7 Å². The highest BCUT2D eigenvalue weighted by molar-refractivity contribution is 5.95. The molecule has 9 heteroatoms. The Bertz CT molecular complexity index is 936. The summed E-state index contributed by atoms with van der Waals surface area (Å²) in [6.45, 7) is 1.07. The van der Waals surface area contributed by atoms with Crippen LogP contribution in [0.5, 0.6) is 0 Å². The van der Waals surface area contributed by atoms with Gasteiger partial charge in [-0.2, -0.15) is 0 Å². The molecule has 32 heavy (non-hydrogen) atoms. The fraction of sp³-hybridized carbons (Fsp3) is 0.565. The number of amides is 1. The van der Waals surface area contributed by atoms with E-state index >= 15 is 0 Å². The zero-order chi connectivity index (χ0) is 22.5. The standard InChI is InChI=1S/C23H30N4O5/c1-27-19(14-32-20-8-4-5-13-31-20)21(25-26-27)15-9-11-16(12-10-15)24-22(28)17-6-2-3-7-18(17)23(29)30/h9-12,17-18,20H,2-8,13-14H2,1H3,(H,24,28)(H,29,30)/t17-,18-,20?/m0/s1. The number of hydrogen-bond donors (Lipinski definition) is 2. The number of nitrogens with one attached hydrogen (secondary N) is 1. The number of carbonyl (C=O) groups is 2. The monoisotopic (exact) mass is 442 g/mol. The molecule has 1 aromatic carbocycles. The molecular weight excluding hydrogens is 412 g/mol. The highest BCUT2D eigenvalue weighted by atomic mass is 16.7. The second kappa shape index (κ2) is 10.2. The Labute approximate surface area is 187 Å². The predicted molar refractivity (Wildman–Crippen MR) is 117 cm³/mol. The molecule has 2 aliphatic rings. The van der Waals surface area contributed by atoms with Gasteiger partial charge < -0.3 is 19.9 Å². The summed E-state index contributed by atoms with van der Waals surface area (Å²) in [5, 5.41) is 20.7. The van der Waals surface area contributed by atoms with Gasteiger partial charge in [0.25, 0.3) is 0 Å². The van der Waals surface area contributed by atoms with Crippen LogP contribution < -0.4 is 5.32 Å². The molecule has 1 aliphatic carbocycles. The van der Waals surface area contributed by atoms with Gasteiger partial charge in [-0.25, -0.2) is 4.68 Å². The van der Waals surface area contributed by atoms with Crippen molar-refractivity contribution in [2.24, 2.45) is 18.9 Å². The van der Waals surface area contributed by atoms with Crippen LogP contribution in [-0.2, 0) is 32.7 Å². The molecule has 3 atom stereocenters. The first-order valence-electron chi connectivity index (χ1n) is 11.3. The van der Waals surface area contributed by atoms with E-state index in [0.29, 0.717) is 25.1 Å². The lowest BCUT2D eigenvalue weighted by atomic mass is 9.78. The van der Waals surface area contributed by atoms with Crippen LogP contribution in [-0.4, -0.2) is 44.9 Å². The number of aliphatic carboxylic acids is 1. The molecule has 1 saturated heterocycles. The van der Waals surface area contributed by atoms with E-state index in [0.717, 1.165) is 55.7 Å². The van der Waals surface area contributed by atoms with E-state index in [1.54, 1.807) is 16.8 Å². The van der Waals surface area contributed by atoms with Crippen LogP contribution in [0.2, 0.25) is 0 Å². The highest BCUT2D eigenvalue weighted by Gasteiger charge is 2.35. The van der Waals surface area contributed by atoms with Gasteiger partial charge in [0.2, 0.25) is 5.91 Å². The van der Waals surface area contributed by atoms with Gasteiger partial charge in [0.15, 0.2) is 6.29 Å². The van der Waals surface area contributed by atoms with E-state index in [-0.39, 0.29) is 12.2 Å². The van der Waals surface area contributed by atoms with Crippen molar-refractivity contribution in [3.05, 3.63) is 30.0 Å². The minimum Gasteiger partial charge on any atom is -0.481 e. The first kappa shape index (κ1) is 22.4. The Balaban J connectivity index is 1.41. The van der Waals surface area contributed by atoms with Crippen molar-refractivity contribution in [3.63, 3.8) is 0 Å². The van der Waals surface area contributed by atoms with Crippen molar-refractivity contribution in [2.45, 2.75) is 57.8 Å². The van der Waals surface area contributed by atoms with E-state index < -0.39 is 17.8 Å². The number of hydrogen-bond acceptors (Lipinski definition) is 6. The number of aryl methyl sites for hydroxylation is 1. The maximum atomic E-state index is 12.7. The smallest absolute Gasteiger partial charge is 0.307 e. The molecule has 9 nitrogen and oxygen atoms in total. The van der Waals surface area contributed by atoms with E-state index in [1.807, 2.05) is 19.2 Å². The van der Waals surface area contributed by atoms with Crippen LogP contribution in [0.25, 0.3) is 11.3 Å². The van der Waals surface area contributed by atoms with Gasteiger partial charge >= 0.3 is 5.97 Å². The second-order valence-electron chi connectivity index (χ2n) is 8.52. The largest absolute Gasteiger partial charge is 0.481 e. The average molecular weight is 443 g/mol. The summed E-state index contributed by atoms with van der Waals surface area (Å²) in [5.74, 6) is -2.23. The van der Waals surface area contributed by atoms with Gasteiger partial charge in [-0.3, -0.25) is 9.59 Å². The summed E-state index contributed by atoms with van der Waals surface area (Å²) in [7, 11) is 1.83. The van der Waals surface area contributed by atoms with Gasteiger partial charge in [0.1, 0.15) is 5.69 Å². The molecule has 1 aromatic heterocycles. The predicted octanol–water partition coefficient (Wildman–Crippen LogP) is 3.35. The lowest BCUT2D eigenvalue weighted by molar-refractivity contribution is -0.169. The van der Waals surface area contributed by atoms with E-state index in [1.165, 1.54) is 0 Å². The third kappa shape index (κ3) is 5.16. The molecule has 0 spiro atoms. The molecule has 0 radical (unpaired) electrons. The molecule has 1 unspecified atom stereocenters. The molecule has 2 heterocycles. The topological polar surface area (TPSA) is 116 Å². The summed E-state index contributed by atoms with van der Waals surface area (Å²) in [6.07, 6.45) is 5.75. The van der Waals surface area contributed by atoms with Gasteiger partial charge in [0, 0.05) is 24.9 Å². The SMILES string of the molecule is Cn1nnc(-c2ccc(NC(=O)[C@H]3CCCC[C@@H]3C(=O)O)cc2)c1COC1CCCCO1. The molecule has 0 bridgehead atoms. The Kier molecular flexibility index (Phi) is 7.16. The number of carbonyl (C=O) groups excluding carboxylic acids is 1. The van der Waals surface area contributed by atoms with Crippen molar-refractivity contribution < 1.29 is 24.2 Å². The Morgan fingerprint density at radius 2 is 1.84 bits per heavy atom. The van der Waals surface area contributed by atoms with E-state index in [2.05, 4.69) is 15.6 Å². The number of nitrogens with zero attached hydrogens (tertiary/aromatic N) is 3. The second-order valence-corrected chi connectivity index (χ2v) is 8.52. The summed E-state index contributed by atoms with van der Waals surface area (Å²) >= 11 is 0. The molecule has 1 aliphatic heterocycles. The summed E-state index contributed by atoms with van der Waals surface area (Å²) in [5.41, 5.74) is 3.06. The third-order valence-corrected chi connectivity index (χ3v) is 6.33. The number of carboxylic acid groups (broad SMARTS) is 1. The van der Waals surface area contributed by atoms with Crippen molar-refractivity contribution >= 4 is 17.6 Å². The van der Waals surface area contributed by atoms with Gasteiger partial charge in [0.05, 0.1) is 24.1 Å². The molecule has 2 aromatic rings. The first-order valence-corrected chi connectivity index (χ1v) is 11.3. The molecule has 2 N–H and O–H groups in total. The van der Waals surface area contributed by atoms with Crippen LogP contribution in [0.4, 0.5) is 5.69 Å². The Morgan fingerprint density at radius 3 is 2.53 bits per heavy atom. The number of rotatable bonds is 7. The molecule has 1 saturated carbocycles. The summed E-state index contributed by atoms with van der Waals surface area (Å²) in [6, 6.07) is 7.34. The van der Waals surface area contributed by atoms with Gasteiger partial charge in [-0.1, -0.05) is 30.2 Å². The van der Waals surface area contributed by atoms with Crippen LogP contribution in [0.3, 0.4) is 0 Å². The zero-order valence-corrected chi connectivity index (χ0v) is 18.3. The van der Waals surface area contributed by atoms with Crippen molar-refractivity contribution in [2.75, 3.05) is 11.9 Å². The van der Waals surface area contributed by atoms with Crippen LogP contribution in [0.15, 0.2) is 24.3 Å². The molecule has 2 fully saturated rings. The summed E-state index contributed by atoms with van der Waals surface area (Å²) in [4.78, 5) is 24.2. The minimum atomic E-state index is -0.892. The minimum absolute atomic E-state index is 0.196. The van der Waals surface area contributed by atoms with Crippen molar-refractivity contribution in [3.8, 4) is 11.3 Å². The number of carboxylic acids is 1. The van der Waals surface area contributed by atoms with E-state index in [4.69, 9.17) is 9.47 Å². The summed E-state index contributed by atoms with van der Waals surface area (Å²) < 4.78 is 13.2. The fourth-order valence-electron chi connectivity index (χ4n) is 4.46. The Morgan fingerprint density at radius 1 is 1.12 bits per heavy atom. The molecule has 1 amide bonds. The van der Waals surface area contributed by atoms with Gasteiger partial charge in [-0.15, -0.1) is 5.10 Å². The maximum absolute atomic E-state index is 12.7. The number of benzene rings is 1. The lowest BCUT2D eigenvalue weighted by Gasteiger charge is -2.27. The number of anilines is 1. The normalized spacial score (nSPS) is 23.6. The van der Waals surface area contributed by atoms with Crippen LogP contribution >= 0.6 is 0 Å². The quantitative estimate of drug-likeness (QED) is 0.675. The Hall–Kier alpha value is -2.78. The van der Waals surface area contributed by atoms with Crippen molar-refractivity contribution in [1.29, 1.82) is 0 Å². The molecule has 4 rings (SSSR count). The van der Waals surface area contributed by atoms with Crippen molar-refractivity contribution in [1.82, 2.24) is 15.0 Å². The third-order valence-electron chi connectivity index (χ3n) is 6.33. The fourth-order valence-corrected chi connectivity index (χ4v) is 4.46. The highest BCUT2D eigenvalue weighted by Crippen LogP contribution is 2.32. The lowest BCUT2D eigenvalue weighted by Crippen LogP contribution is -2.36. The van der Waals surface area contributed by atoms with Crippen LogP contribution in [0.1, 0.15) is 50.6 Å². The zero-order valence-electron chi connectivity index (χ0n) is 18.3. The van der Waals surface area contributed by atoms with Crippen LogP contribution in [0, 0.1) is 11.8 Å². The van der Waals surface area contributed by atoms with Gasteiger partial charge in [-0.05, 0) is 44.2 Å². The number of aromatic nitrogens is 3. The maximum Gasteiger partial charge on any atom is 0.307 e. The average Bonchev–Trinajstić information content (AvgIpc) is 3.19. The molecule has 172 valence electrons. The first-order chi connectivity index (χ1) is 15.5. The number of ether oxygens (including phenoxy) is 2.